The van der Waals surface area contributed by atoms with Gasteiger partial charge in [-0.25, -0.2) is 4.79 Å². The second-order valence-corrected chi connectivity index (χ2v) is 5.02. The van der Waals surface area contributed by atoms with Gasteiger partial charge in [-0.05, 0) is 33.8 Å². The van der Waals surface area contributed by atoms with Crippen molar-refractivity contribution in [2.45, 2.75) is 6.61 Å². The first-order valence-electron chi connectivity index (χ1n) is 6.24. The Morgan fingerprint density at radius 3 is 2.00 bits per heavy atom. The molecular formula is C14H23N3O2. The molecule has 19 heavy (non-hydrogen) atoms. The summed E-state index contributed by atoms with van der Waals surface area (Å²) in [4.78, 5) is 17.6. The first-order chi connectivity index (χ1) is 8.99. The Kier molecular flexibility index (Phi) is 6.32. The van der Waals surface area contributed by atoms with Crippen molar-refractivity contribution in [3.63, 3.8) is 0 Å². The summed E-state index contributed by atoms with van der Waals surface area (Å²) in [5.41, 5.74) is 0.991. The molecule has 0 fully saturated rings. The third kappa shape index (κ3) is 6.22. The van der Waals surface area contributed by atoms with Crippen LogP contribution in [0.25, 0.3) is 0 Å². The molecule has 0 saturated heterocycles. The second kappa shape index (κ2) is 7.76. The number of benzene rings is 1. The molecule has 0 aromatic heterocycles. The Balaban J connectivity index is 2.51. The standard InChI is InChI=1S/C14H23N3O2/c1-15(2)11-17(12-16(3)4)14(18)19-10-13-8-6-5-7-9-13/h5-9H,10-12H2,1-4H3. The summed E-state index contributed by atoms with van der Waals surface area (Å²) in [5, 5.41) is 0. The Morgan fingerprint density at radius 2 is 1.53 bits per heavy atom. The highest BCUT2D eigenvalue weighted by molar-refractivity contribution is 5.67. The summed E-state index contributed by atoms with van der Waals surface area (Å²) in [7, 11) is 7.69. The molecule has 0 atom stereocenters. The molecule has 0 saturated carbocycles. The van der Waals surface area contributed by atoms with E-state index in [1.807, 2.05) is 68.3 Å². The summed E-state index contributed by atoms with van der Waals surface area (Å²) in [6, 6.07) is 9.68. The monoisotopic (exact) mass is 265 g/mol. The molecule has 5 nitrogen and oxygen atoms in total. The Bertz CT molecular complexity index is 370. The summed E-state index contributed by atoms with van der Waals surface area (Å²) < 4.78 is 5.33. The lowest BCUT2D eigenvalue weighted by Gasteiger charge is -2.27. The highest BCUT2D eigenvalue weighted by Gasteiger charge is 2.16. The van der Waals surface area contributed by atoms with Crippen LogP contribution in [0.2, 0.25) is 0 Å². The van der Waals surface area contributed by atoms with E-state index in [9.17, 15) is 4.79 Å². The second-order valence-electron chi connectivity index (χ2n) is 5.02. The van der Waals surface area contributed by atoms with Crippen molar-refractivity contribution in [3.05, 3.63) is 35.9 Å². The van der Waals surface area contributed by atoms with Crippen LogP contribution in [0, 0.1) is 0 Å². The summed E-state index contributed by atoms with van der Waals surface area (Å²) in [5.74, 6) is 0. The molecule has 0 bridgehead atoms. The maximum atomic E-state index is 12.0. The quantitative estimate of drug-likeness (QED) is 0.733. The SMILES string of the molecule is CN(C)CN(CN(C)C)C(=O)OCc1ccccc1. The lowest BCUT2D eigenvalue weighted by atomic mass is 10.2. The number of hydrogen-bond acceptors (Lipinski definition) is 4. The first-order valence-corrected chi connectivity index (χ1v) is 6.24. The van der Waals surface area contributed by atoms with Gasteiger partial charge in [0.15, 0.2) is 0 Å². The molecule has 106 valence electrons. The molecule has 1 aromatic rings. The molecule has 0 heterocycles. The molecule has 1 amide bonds. The van der Waals surface area contributed by atoms with Gasteiger partial charge in [0.2, 0.25) is 0 Å². The number of carbonyl (C=O) groups is 1. The maximum Gasteiger partial charge on any atom is 0.412 e. The Hall–Kier alpha value is -1.59. The Labute approximate surface area is 115 Å². The summed E-state index contributed by atoms with van der Waals surface area (Å²) >= 11 is 0. The predicted molar refractivity (Wildman–Crippen MR) is 75.6 cm³/mol. The van der Waals surface area contributed by atoms with Crippen LogP contribution in [-0.2, 0) is 11.3 Å². The van der Waals surface area contributed by atoms with Gasteiger partial charge in [0, 0.05) is 0 Å². The van der Waals surface area contributed by atoms with E-state index in [0.717, 1.165) is 5.56 Å². The van der Waals surface area contributed by atoms with Crippen molar-refractivity contribution < 1.29 is 9.53 Å². The smallest absolute Gasteiger partial charge is 0.412 e. The van der Waals surface area contributed by atoms with E-state index in [1.54, 1.807) is 4.90 Å². The van der Waals surface area contributed by atoms with Gasteiger partial charge in [-0.3, -0.25) is 14.7 Å². The normalized spacial score (nSPS) is 10.8. The minimum absolute atomic E-state index is 0.300. The Morgan fingerprint density at radius 1 is 1.00 bits per heavy atom. The van der Waals surface area contributed by atoms with Crippen molar-refractivity contribution in [1.29, 1.82) is 0 Å². The molecule has 0 radical (unpaired) electrons. The van der Waals surface area contributed by atoms with E-state index in [1.165, 1.54) is 0 Å². The molecule has 0 aliphatic rings. The van der Waals surface area contributed by atoms with Crippen LogP contribution in [0.3, 0.4) is 0 Å². The van der Waals surface area contributed by atoms with E-state index < -0.39 is 0 Å². The van der Waals surface area contributed by atoms with Gasteiger partial charge in [0.1, 0.15) is 6.61 Å². The minimum Gasteiger partial charge on any atom is -0.444 e. The first kappa shape index (κ1) is 15.5. The zero-order valence-corrected chi connectivity index (χ0v) is 12.2. The molecule has 1 rings (SSSR count). The van der Waals surface area contributed by atoms with Crippen LogP contribution in [0.5, 0.6) is 0 Å². The van der Waals surface area contributed by atoms with Gasteiger partial charge < -0.3 is 4.74 Å². The van der Waals surface area contributed by atoms with Gasteiger partial charge in [0.25, 0.3) is 0 Å². The van der Waals surface area contributed by atoms with Crippen LogP contribution < -0.4 is 0 Å². The third-order valence-electron chi connectivity index (χ3n) is 2.37. The van der Waals surface area contributed by atoms with Gasteiger partial charge in [-0.1, -0.05) is 30.3 Å². The molecule has 1 aromatic carbocycles. The number of rotatable bonds is 6. The molecule has 0 unspecified atom stereocenters. The summed E-state index contributed by atoms with van der Waals surface area (Å²) in [6.45, 7) is 1.37. The lowest BCUT2D eigenvalue weighted by Crippen LogP contribution is -2.43. The van der Waals surface area contributed by atoms with Crippen molar-refractivity contribution >= 4 is 6.09 Å². The fourth-order valence-corrected chi connectivity index (χ4v) is 1.65. The van der Waals surface area contributed by atoms with E-state index in [0.29, 0.717) is 19.9 Å². The van der Waals surface area contributed by atoms with Crippen molar-refractivity contribution in [3.8, 4) is 0 Å². The van der Waals surface area contributed by atoms with Gasteiger partial charge in [-0.15, -0.1) is 0 Å². The van der Waals surface area contributed by atoms with Crippen LogP contribution in [0.15, 0.2) is 30.3 Å². The average Bonchev–Trinajstić information content (AvgIpc) is 2.35. The number of amides is 1. The van der Waals surface area contributed by atoms with Gasteiger partial charge >= 0.3 is 6.09 Å². The van der Waals surface area contributed by atoms with Crippen molar-refractivity contribution in [2.24, 2.45) is 0 Å². The zero-order valence-electron chi connectivity index (χ0n) is 12.2. The minimum atomic E-state index is -0.300. The van der Waals surface area contributed by atoms with Crippen LogP contribution in [-0.4, -0.2) is 62.3 Å². The molecular weight excluding hydrogens is 242 g/mol. The number of nitrogens with zero attached hydrogens (tertiary/aromatic N) is 3. The van der Waals surface area contributed by atoms with Crippen LogP contribution in [0.4, 0.5) is 4.79 Å². The molecule has 0 N–H and O–H groups in total. The lowest BCUT2D eigenvalue weighted by molar-refractivity contribution is 0.0606. The fraction of sp³-hybridized carbons (Fsp3) is 0.500. The molecule has 0 spiro atoms. The highest BCUT2D eigenvalue weighted by Crippen LogP contribution is 2.04. The third-order valence-corrected chi connectivity index (χ3v) is 2.37. The van der Waals surface area contributed by atoms with Crippen molar-refractivity contribution in [1.82, 2.24) is 14.7 Å². The molecule has 0 aliphatic heterocycles. The zero-order chi connectivity index (χ0) is 14.3. The van der Waals surface area contributed by atoms with E-state index >= 15 is 0 Å². The van der Waals surface area contributed by atoms with Crippen LogP contribution >= 0.6 is 0 Å². The predicted octanol–water partition coefficient (Wildman–Crippen LogP) is 1.66. The number of ether oxygens (including phenoxy) is 1. The number of hydrogen-bond donors (Lipinski definition) is 0. The van der Waals surface area contributed by atoms with Crippen LogP contribution in [0.1, 0.15) is 5.56 Å². The summed E-state index contributed by atoms with van der Waals surface area (Å²) in [6.07, 6.45) is -0.300. The van der Waals surface area contributed by atoms with Gasteiger partial charge in [0.05, 0.1) is 13.3 Å². The topological polar surface area (TPSA) is 36.0 Å². The molecule has 0 aliphatic carbocycles. The highest BCUT2D eigenvalue weighted by atomic mass is 16.6. The number of carbonyl (C=O) groups excluding carboxylic acids is 1. The van der Waals surface area contributed by atoms with E-state index in [2.05, 4.69) is 0 Å². The van der Waals surface area contributed by atoms with Crippen molar-refractivity contribution in [2.75, 3.05) is 41.5 Å². The fourth-order valence-electron chi connectivity index (χ4n) is 1.65. The largest absolute Gasteiger partial charge is 0.444 e. The maximum absolute atomic E-state index is 12.0. The van der Waals surface area contributed by atoms with Gasteiger partial charge in [-0.2, -0.15) is 0 Å². The van der Waals surface area contributed by atoms with E-state index in [4.69, 9.17) is 4.74 Å². The molecule has 5 heteroatoms. The van der Waals surface area contributed by atoms with E-state index in [-0.39, 0.29) is 6.09 Å². The average molecular weight is 265 g/mol.